The third-order valence-electron chi connectivity index (χ3n) is 5.62. The van der Waals surface area contributed by atoms with E-state index in [2.05, 4.69) is 5.32 Å². The largest absolute Gasteiger partial charge is 0.495 e. The number of piperidine rings is 1. The van der Waals surface area contributed by atoms with Crippen molar-refractivity contribution in [2.24, 2.45) is 5.92 Å². The van der Waals surface area contributed by atoms with Crippen LogP contribution in [0.2, 0.25) is 0 Å². The molecule has 7 nitrogen and oxygen atoms in total. The number of hydrogen-bond acceptors (Lipinski definition) is 5. The van der Waals surface area contributed by atoms with Crippen molar-refractivity contribution in [1.82, 2.24) is 0 Å². The van der Waals surface area contributed by atoms with E-state index in [4.69, 9.17) is 13.9 Å². The standard InChI is InChI=1S/C23H26N2O5/c1-3-29-23(27)15-7-6-10-25(13-15)14-22(26)24-18-12-20-17(11-21(18)28-2)16-8-4-5-9-19(16)30-20/h4-5,8-9,11-12,15H,3,6-7,10,13-14H2,1-2H3,(H,24,26)/p+1/t15-/m1/s1. The zero-order valence-corrected chi connectivity index (χ0v) is 17.3. The molecule has 158 valence electrons. The van der Waals surface area contributed by atoms with E-state index in [9.17, 15) is 9.59 Å². The number of carbonyl (C=O) groups excluding carboxylic acids is 2. The van der Waals surface area contributed by atoms with Crippen LogP contribution in [0, 0.1) is 5.92 Å². The third-order valence-corrected chi connectivity index (χ3v) is 5.62. The quantitative estimate of drug-likeness (QED) is 0.609. The minimum Gasteiger partial charge on any atom is -0.495 e. The molecule has 7 heteroatoms. The van der Waals surface area contributed by atoms with Crippen LogP contribution in [-0.2, 0) is 14.3 Å². The molecule has 0 spiro atoms. The zero-order chi connectivity index (χ0) is 21.1. The highest BCUT2D eigenvalue weighted by molar-refractivity contribution is 6.07. The number of nitrogens with one attached hydrogen (secondary N) is 2. The van der Waals surface area contributed by atoms with Crippen molar-refractivity contribution in [3.8, 4) is 5.75 Å². The number of methoxy groups -OCH3 is 1. The number of amides is 1. The highest BCUT2D eigenvalue weighted by Crippen LogP contribution is 2.36. The monoisotopic (exact) mass is 411 g/mol. The molecular formula is C23H27N2O5+. The van der Waals surface area contributed by atoms with Crippen molar-refractivity contribution in [2.75, 3.05) is 38.7 Å². The number of likely N-dealkylation sites (tertiary alicyclic amines) is 1. The van der Waals surface area contributed by atoms with Gasteiger partial charge in [0, 0.05) is 16.8 Å². The maximum absolute atomic E-state index is 12.7. The van der Waals surface area contributed by atoms with Gasteiger partial charge in [-0.15, -0.1) is 0 Å². The SMILES string of the molecule is CCOC(=O)[C@@H]1CCC[NH+](CC(=O)Nc2cc3oc4ccccc4c3cc2OC)C1. The molecule has 2 aromatic carbocycles. The highest BCUT2D eigenvalue weighted by atomic mass is 16.5. The average molecular weight is 411 g/mol. The summed E-state index contributed by atoms with van der Waals surface area (Å²) < 4.78 is 16.6. The second-order valence-corrected chi connectivity index (χ2v) is 7.67. The topological polar surface area (TPSA) is 82.2 Å². The lowest BCUT2D eigenvalue weighted by Gasteiger charge is -2.28. The van der Waals surface area contributed by atoms with E-state index in [1.54, 1.807) is 13.2 Å². The molecule has 0 saturated carbocycles. The summed E-state index contributed by atoms with van der Waals surface area (Å²) in [5, 5.41) is 4.90. The summed E-state index contributed by atoms with van der Waals surface area (Å²) in [5.41, 5.74) is 2.06. The fourth-order valence-corrected chi connectivity index (χ4v) is 4.21. The first-order valence-corrected chi connectivity index (χ1v) is 10.4. The lowest BCUT2D eigenvalue weighted by atomic mass is 9.98. The Balaban J connectivity index is 1.48. The Labute approximate surface area is 174 Å². The van der Waals surface area contributed by atoms with Crippen molar-refractivity contribution in [3.63, 3.8) is 0 Å². The molecule has 2 atom stereocenters. The van der Waals surface area contributed by atoms with E-state index in [1.807, 2.05) is 37.3 Å². The summed E-state index contributed by atoms with van der Waals surface area (Å²) in [6.07, 6.45) is 1.72. The van der Waals surface area contributed by atoms with Gasteiger partial charge in [0.25, 0.3) is 5.91 Å². The van der Waals surface area contributed by atoms with Crippen LogP contribution in [0.25, 0.3) is 21.9 Å². The van der Waals surface area contributed by atoms with E-state index in [0.29, 0.717) is 30.2 Å². The Morgan fingerprint density at radius 3 is 2.83 bits per heavy atom. The first-order valence-electron chi connectivity index (χ1n) is 10.4. The van der Waals surface area contributed by atoms with Crippen LogP contribution in [0.3, 0.4) is 0 Å². The number of anilines is 1. The first-order chi connectivity index (χ1) is 14.6. The fourth-order valence-electron chi connectivity index (χ4n) is 4.21. The van der Waals surface area contributed by atoms with Gasteiger partial charge in [0.1, 0.15) is 22.8 Å². The van der Waals surface area contributed by atoms with Crippen LogP contribution in [-0.4, -0.2) is 45.2 Å². The molecule has 1 aliphatic heterocycles. The third kappa shape index (κ3) is 4.11. The molecule has 0 bridgehead atoms. The number of esters is 1. The minimum atomic E-state index is -0.160. The number of fused-ring (bicyclic) bond motifs is 3. The smallest absolute Gasteiger partial charge is 0.314 e. The van der Waals surface area contributed by atoms with Crippen LogP contribution in [0.4, 0.5) is 5.69 Å². The first kappa shape index (κ1) is 20.2. The maximum Gasteiger partial charge on any atom is 0.314 e. The molecule has 1 fully saturated rings. The van der Waals surface area contributed by atoms with Crippen LogP contribution in [0.5, 0.6) is 5.75 Å². The van der Waals surface area contributed by atoms with E-state index in [-0.39, 0.29) is 24.3 Å². The molecule has 0 aliphatic carbocycles. The number of carbonyl (C=O) groups is 2. The summed E-state index contributed by atoms with van der Waals surface area (Å²) >= 11 is 0. The van der Waals surface area contributed by atoms with Crippen molar-refractivity contribution >= 4 is 39.5 Å². The van der Waals surface area contributed by atoms with Crippen molar-refractivity contribution in [2.45, 2.75) is 19.8 Å². The highest BCUT2D eigenvalue weighted by Gasteiger charge is 2.31. The zero-order valence-electron chi connectivity index (χ0n) is 17.3. The van der Waals surface area contributed by atoms with E-state index in [1.165, 1.54) is 0 Å². The summed E-state index contributed by atoms with van der Waals surface area (Å²) in [7, 11) is 1.58. The Morgan fingerprint density at radius 2 is 2.03 bits per heavy atom. The van der Waals surface area contributed by atoms with E-state index in [0.717, 1.165) is 40.6 Å². The molecule has 1 saturated heterocycles. The van der Waals surface area contributed by atoms with Gasteiger partial charge in [-0.3, -0.25) is 9.59 Å². The number of ether oxygens (including phenoxy) is 2. The summed E-state index contributed by atoms with van der Waals surface area (Å²) in [6, 6.07) is 11.5. The van der Waals surface area contributed by atoms with Gasteiger partial charge in [0.05, 0.1) is 32.5 Å². The van der Waals surface area contributed by atoms with Gasteiger partial charge < -0.3 is 24.1 Å². The lowest BCUT2D eigenvalue weighted by Crippen LogP contribution is -3.14. The molecule has 3 aromatic rings. The van der Waals surface area contributed by atoms with Gasteiger partial charge in [-0.05, 0) is 31.9 Å². The molecule has 2 N–H and O–H groups in total. The number of hydrogen-bond donors (Lipinski definition) is 2. The Kier molecular flexibility index (Phi) is 5.90. The van der Waals surface area contributed by atoms with Gasteiger partial charge in [0.2, 0.25) is 0 Å². The Bertz CT molecular complexity index is 1070. The number of para-hydroxylation sites is 1. The lowest BCUT2D eigenvalue weighted by molar-refractivity contribution is -0.899. The molecular weight excluding hydrogens is 384 g/mol. The average Bonchev–Trinajstić information content (AvgIpc) is 3.10. The molecule has 0 radical (unpaired) electrons. The van der Waals surface area contributed by atoms with Crippen molar-refractivity contribution < 1.29 is 28.4 Å². The van der Waals surface area contributed by atoms with Crippen LogP contribution in [0.1, 0.15) is 19.8 Å². The molecule has 1 amide bonds. The summed E-state index contributed by atoms with van der Waals surface area (Å²) in [6.45, 7) is 3.96. The summed E-state index contributed by atoms with van der Waals surface area (Å²) in [4.78, 5) is 25.8. The molecule has 1 aromatic heterocycles. The molecule has 1 unspecified atom stereocenters. The molecule has 4 rings (SSSR count). The van der Waals surface area contributed by atoms with E-state index < -0.39 is 0 Å². The predicted octanol–water partition coefficient (Wildman–Crippen LogP) is 2.39. The number of rotatable bonds is 6. The van der Waals surface area contributed by atoms with Crippen LogP contribution in [0.15, 0.2) is 40.8 Å². The second kappa shape index (κ2) is 8.75. The number of quaternary nitrogens is 1. The molecule has 2 heterocycles. The maximum atomic E-state index is 12.7. The molecule has 30 heavy (non-hydrogen) atoms. The number of furan rings is 1. The van der Waals surface area contributed by atoms with Gasteiger partial charge in [-0.1, -0.05) is 18.2 Å². The Morgan fingerprint density at radius 1 is 1.20 bits per heavy atom. The molecule has 1 aliphatic rings. The van der Waals surface area contributed by atoms with Crippen molar-refractivity contribution in [3.05, 3.63) is 36.4 Å². The van der Waals surface area contributed by atoms with Gasteiger partial charge >= 0.3 is 5.97 Å². The minimum absolute atomic E-state index is 0.122. The summed E-state index contributed by atoms with van der Waals surface area (Å²) in [5.74, 6) is 0.166. The normalized spacial score (nSPS) is 19.0. The van der Waals surface area contributed by atoms with Crippen LogP contribution < -0.4 is 15.0 Å². The van der Waals surface area contributed by atoms with Gasteiger partial charge in [-0.25, -0.2) is 0 Å². The van der Waals surface area contributed by atoms with E-state index >= 15 is 0 Å². The van der Waals surface area contributed by atoms with Crippen molar-refractivity contribution in [1.29, 1.82) is 0 Å². The Hall–Kier alpha value is -3.06. The fraction of sp³-hybridized carbons (Fsp3) is 0.391. The second-order valence-electron chi connectivity index (χ2n) is 7.67. The number of benzene rings is 2. The van der Waals surface area contributed by atoms with Crippen LogP contribution >= 0.6 is 0 Å². The predicted molar refractivity (Wildman–Crippen MR) is 114 cm³/mol. The van der Waals surface area contributed by atoms with Gasteiger partial charge in [0.15, 0.2) is 6.54 Å². The van der Waals surface area contributed by atoms with Gasteiger partial charge in [-0.2, -0.15) is 0 Å².